The minimum absolute atomic E-state index is 0.00520. The maximum absolute atomic E-state index is 12.7. The van der Waals surface area contributed by atoms with Crippen LogP contribution in [0.25, 0.3) is 0 Å². The van der Waals surface area contributed by atoms with Gasteiger partial charge < -0.3 is 19.5 Å². The number of hydrogen-bond donors (Lipinski definition) is 2. The molecule has 1 aromatic carbocycles. The fraction of sp³-hybridized carbons (Fsp3) is 0.391. The van der Waals surface area contributed by atoms with Crippen LogP contribution in [0.3, 0.4) is 0 Å². The summed E-state index contributed by atoms with van der Waals surface area (Å²) in [5.41, 5.74) is 0.320. The molecule has 36 heavy (non-hydrogen) atoms. The van der Waals surface area contributed by atoms with E-state index in [1.807, 2.05) is 4.57 Å². The van der Waals surface area contributed by atoms with E-state index < -0.39 is 7.75 Å². The van der Waals surface area contributed by atoms with Gasteiger partial charge in [-0.3, -0.25) is 9.32 Å². The number of imidazole rings is 2. The molecule has 2 heterocycles. The Kier molecular flexibility index (Phi) is 8.25. The first-order valence-corrected chi connectivity index (χ1v) is 13.4. The lowest BCUT2D eigenvalue weighted by atomic mass is 9.87. The van der Waals surface area contributed by atoms with Gasteiger partial charge in [-0.05, 0) is 56.7 Å². The molecule has 1 amide bonds. The Balaban J connectivity index is 1.49. The number of benzene rings is 1. The molecule has 13 heteroatoms. The fourth-order valence-electron chi connectivity index (χ4n) is 4.31. The molecule has 1 aliphatic carbocycles. The molecule has 4 rings (SSSR count). The summed E-state index contributed by atoms with van der Waals surface area (Å²) in [5, 5.41) is 3.26. The standard InChI is InChI=1S/C23H28ClN6O5P/c1-25-21-20(23(31)26-2)30(13-14-34-18-9-5-17(24)6-10-18)22(28-21)16-3-7-19(8-4-16)35-36(32,33)29-12-11-27-15-29/h5-6,9-12,15-16,19H,1,3-4,7-8,13-14H2,2H3,(H,26,31)(H,32,33). The minimum Gasteiger partial charge on any atom is -0.492 e. The fourth-order valence-corrected chi connectivity index (χ4v) is 5.56. The summed E-state index contributed by atoms with van der Waals surface area (Å²) in [6.45, 7) is 4.25. The molecule has 1 saturated carbocycles. The highest BCUT2D eigenvalue weighted by Crippen LogP contribution is 2.48. The number of aliphatic imine (C=N–C) groups is 1. The zero-order valence-corrected chi connectivity index (χ0v) is 21.4. The SMILES string of the molecule is C=Nc1nc(C2CCC(OP(=O)(O)n3ccnc3)CC2)n(CCOc2ccc(Cl)cc2)c1C(=O)NC. The van der Waals surface area contributed by atoms with Gasteiger partial charge in [0.15, 0.2) is 11.5 Å². The van der Waals surface area contributed by atoms with Crippen LogP contribution in [-0.4, -0.2) is 56.1 Å². The normalized spacial score (nSPS) is 19.4. The van der Waals surface area contributed by atoms with Crippen LogP contribution in [0.1, 0.15) is 47.9 Å². The molecule has 0 saturated heterocycles. The van der Waals surface area contributed by atoms with Crippen LogP contribution >= 0.6 is 19.3 Å². The highest BCUT2D eigenvalue weighted by Gasteiger charge is 2.34. The lowest BCUT2D eigenvalue weighted by molar-refractivity contribution is 0.0951. The van der Waals surface area contributed by atoms with Crippen molar-refractivity contribution < 1.29 is 23.5 Å². The molecule has 2 N–H and O–H groups in total. The van der Waals surface area contributed by atoms with Gasteiger partial charge in [0.2, 0.25) is 0 Å². The summed E-state index contributed by atoms with van der Waals surface area (Å²) in [5.74, 6) is 1.31. The topological polar surface area (TPSA) is 133 Å². The first kappa shape index (κ1) is 26.1. The number of halogens is 1. The van der Waals surface area contributed by atoms with Gasteiger partial charge in [-0.25, -0.2) is 23.9 Å². The predicted molar refractivity (Wildman–Crippen MR) is 135 cm³/mol. The molecular formula is C23H28ClN6O5P. The number of hydrogen-bond acceptors (Lipinski definition) is 7. The second kappa shape index (κ2) is 11.4. The molecule has 0 spiro atoms. The number of nitrogens with zero attached hydrogens (tertiary/aromatic N) is 5. The van der Waals surface area contributed by atoms with Gasteiger partial charge in [-0.15, -0.1) is 0 Å². The zero-order chi connectivity index (χ0) is 25.7. The predicted octanol–water partition coefficient (Wildman–Crippen LogP) is 4.20. The third-order valence-corrected chi connectivity index (χ3v) is 7.72. The van der Waals surface area contributed by atoms with E-state index in [1.54, 1.807) is 31.3 Å². The van der Waals surface area contributed by atoms with Crippen molar-refractivity contribution in [2.45, 2.75) is 44.2 Å². The Morgan fingerprint density at radius 3 is 2.64 bits per heavy atom. The Hall–Kier alpha value is -2.98. The molecule has 2 aromatic heterocycles. The Bertz CT molecular complexity index is 1240. The van der Waals surface area contributed by atoms with E-state index in [0.29, 0.717) is 61.1 Å². The van der Waals surface area contributed by atoms with Crippen molar-refractivity contribution in [1.82, 2.24) is 24.2 Å². The van der Waals surface area contributed by atoms with Crippen LogP contribution < -0.4 is 10.1 Å². The van der Waals surface area contributed by atoms with Gasteiger partial charge in [-0.1, -0.05) is 11.6 Å². The first-order valence-electron chi connectivity index (χ1n) is 11.5. The van der Waals surface area contributed by atoms with E-state index >= 15 is 0 Å². The van der Waals surface area contributed by atoms with E-state index in [1.165, 1.54) is 18.7 Å². The van der Waals surface area contributed by atoms with E-state index in [4.69, 9.17) is 20.9 Å². The average molecular weight is 535 g/mol. The van der Waals surface area contributed by atoms with Gasteiger partial charge in [0.25, 0.3) is 5.91 Å². The summed E-state index contributed by atoms with van der Waals surface area (Å²) < 4.78 is 26.9. The van der Waals surface area contributed by atoms with Crippen LogP contribution in [0.2, 0.25) is 5.02 Å². The number of rotatable bonds is 10. The summed E-state index contributed by atoms with van der Waals surface area (Å²) in [7, 11) is -2.46. The van der Waals surface area contributed by atoms with Crippen LogP contribution in [0, 0.1) is 0 Å². The van der Waals surface area contributed by atoms with Crippen LogP contribution in [-0.2, 0) is 15.6 Å². The van der Waals surface area contributed by atoms with Gasteiger partial charge in [0.1, 0.15) is 24.5 Å². The molecule has 1 atom stereocenters. The van der Waals surface area contributed by atoms with E-state index in [-0.39, 0.29) is 23.7 Å². The molecule has 0 bridgehead atoms. The number of carbonyl (C=O) groups excluding carboxylic acids is 1. The molecule has 3 aromatic rings. The number of carbonyl (C=O) groups is 1. The lowest BCUT2D eigenvalue weighted by Crippen LogP contribution is -2.26. The van der Waals surface area contributed by atoms with Crippen LogP contribution in [0.5, 0.6) is 5.75 Å². The summed E-state index contributed by atoms with van der Waals surface area (Å²) in [4.78, 5) is 35.4. The van der Waals surface area contributed by atoms with Crippen LogP contribution in [0.15, 0.2) is 48.0 Å². The third kappa shape index (κ3) is 5.87. The van der Waals surface area contributed by atoms with Crippen molar-refractivity contribution in [3.63, 3.8) is 0 Å². The lowest BCUT2D eigenvalue weighted by Gasteiger charge is -2.29. The highest BCUT2D eigenvalue weighted by molar-refractivity contribution is 7.51. The van der Waals surface area contributed by atoms with Crippen LogP contribution in [0.4, 0.5) is 5.82 Å². The molecule has 1 aliphatic rings. The zero-order valence-electron chi connectivity index (χ0n) is 19.8. The van der Waals surface area contributed by atoms with Crippen molar-refractivity contribution in [3.8, 4) is 5.75 Å². The Morgan fingerprint density at radius 2 is 2.03 bits per heavy atom. The first-order chi connectivity index (χ1) is 17.3. The molecule has 11 nitrogen and oxygen atoms in total. The maximum Gasteiger partial charge on any atom is 0.437 e. The van der Waals surface area contributed by atoms with Gasteiger partial charge in [0.05, 0.1) is 12.6 Å². The smallest absolute Gasteiger partial charge is 0.437 e. The number of nitrogens with one attached hydrogen (secondary N) is 1. The molecule has 0 aliphatic heterocycles. The molecule has 192 valence electrons. The van der Waals surface area contributed by atoms with Crippen molar-refractivity contribution >= 4 is 37.8 Å². The molecule has 1 fully saturated rings. The largest absolute Gasteiger partial charge is 0.492 e. The second-order valence-electron chi connectivity index (χ2n) is 8.35. The number of ether oxygens (including phenoxy) is 1. The second-order valence-corrected chi connectivity index (χ2v) is 10.4. The summed E-state index contributed by atoms with van der Waals surface area (Å²) >= 11 is 5.94. The van der Waals surface area contributed by atoms with Crippen molar-refractivity contribution in [2.75, 3.05) is 13.7 Å². The van der Waals surface area contributed by atoms with E-state index in [2.05, 4.69) is 27.0 Å². The Labute approximate surface area is 213 Å². The van der Waals surface area contributed by atoms with Gasteiger partial charge in [-0.2, -0.15) is 0 Å². The number of amides is 1. The maximum atomic E-state index is 12.7. The van der Waals surface area contributed by atoms with E-state index in [0.717, 1.165) is 4.34 Å². The summed E-state index contributed by atoms with van der Waals surface area (Å²) in [6, 6.07) is 7.04. The van der Waals surface area contributed by atoms with Crippen molar-refractivity contribution in [1.29, 1.82) is 0 Å². The van der Waals surface area contributed by atoms with Gasteiger partial charge >= 0.3 is 7.75 Å². The monoisotopic (exact) mass is 534 g/mol. The summed E-state index contributed by atoms with van der Waals surface area (Å²) in [6.07, 6.45) is 6.15. The molecule has 1 unspecified atom stereocenters. The van der Waals surface area contributed by atoms with E-state index in [9.17, 15) is 14.3 Å². The number of aromatic nitrogens is 4. The quantitative estimate of drug-likeness (QED) is 0.294. The van der Waals surface area contributed by atoms with Crippen molar-refractivity contribution in [2.24, 2.45) is 4.99 Å². The van der Waals surface area contributed by atoms with Gasteiger partial charge in [0, 0.05) is 30.4 Å². The third-order valence-electron chi connectivity index (χ3n) is 6.08. The molecule has 0 radical (unpaired) electrons. The average Bonchev–Trinajstić information content (AvgIpc) is 3.54. The Morgan fingerprint density at radius 1 is 1.31 bits per heavy atom. The van der Waals surface area contributed by atoms with Crippen molar-refractivity contribution in [3.05, 3.63) is 59.5 Å². The highest BCUT2D eigenvalue weighted by atomic mass is 35.5. The molecular weight excluding hydrogens is 507 g/mol. The minimum atomic E-state index is -4.01.